The summed E-state index contributed by atoms with van der Waals surface area (Å²) in [6.07, 6.45) is 6.81. The van der Waals surface area contributed by atoms with Crippen molar-refractivity contribution in [2.45, 2.75) is 55.7 Å². The first-order valence-corrected chi connectivity index (χ1v) is 7.11. The molecular weight excluding hydrogens is 276 g/mol. The molecule has 6 nitrogen and oxygen atoms in total. The molecule has 114 valence electrons. The molecule has 3 aliphatic rings. The fourth-order valence-corrected chi connectivity index (χ4v) is 3.32. The van der Waals surface area contributed by atoms with Crippen LogP contribution in [0.1, 0.15) is 32.1 Å². The van der Waals surface area contributed by atoms with E-state index in [0.717, 1.165) is 0 Å². The largest absolute Gasteiger partial charge is 0.481 e. The van der Waals surface area contributed by atoms with Gasteiger partial charge in [-0.25, -0.2) is 0 Å². The monoisotopic (exact) mass is 294 g/mol. The molecule has 0 aromatic rings. The number of aliphatic carboxylic acids is 1. The third kappa shape index (κ3) is 2.92. The lowest BCUT2D eigenvalue weighted by Gasteiger charge is -2.41. The van der Waals surface area contributed by atoms with E-state index in [4.69, 9.17) is 14.6 Å². The zero-order chi connectivity index (χ0) is 15.1. The van der Waals surface area contributed by atoms with Crippen LogP contribution in [0.2, 0.25) is 0 Å². The Morgan fingerprint density at radius 1 is 1.33 bits per heavy atom. The summed E-state index contributed by atoms with van der Waals surface area (Å²) in [6, 6.07) is 0. The number of rotatable bonds is 2. The Morgan fingerprint density at radius 3 is 2.71 bits per heavy atom. The van der Waals surface area contributed by atoms with Gasteiger partial charge in [-0.1, -0.05) is 0 Å². The number of allylic oxidation sites excluding steroid dienone is 2. The van der Waals surface area contributed by atoms with E-state index in [-0.39, 0.29) is 12.2 Å². The molecule has 2 aliphatic heterocycles. The minimum Gasteiger partial charge on any atom is -0.481 e. The summed E-state index contributed by atoms with van der Waals surface area (Å²) in [7, 11) is 0. The molecule has 1 aliphatic carbocycles. The predicted octanol–water partition coefficient (Wildman–Crippen LogP) is 0.942. The first-order valence-electron chi connectivity index (χ1n) is 7.11. The maximum atomic E-state index is 11.2. The van der Waals surface area contributed by atoms with Crippen LogP contribution in [0.5, 0.6) is 0 Å². The van der Waals surface area contributed by atoms with Gasteiger partial charge < -0.3 is 19.7 Å². The van der Waals surface area contributed by atoms with Crippen molar-refractivity contribution in [2.75, 3.05) is 0 Å². The Morgan fingerprint density at radius 2 is 2.05 bits per heavy atom. The van der Waals surface area contributed by atoms with Gasteiger partial charge in [0.05, 0.1) is 18.6 Å². The topological polar surface area (TPSA) is 93.1 Å². The maximum Gasteiger partial charge on any atom is 0.305 e. The second kappa shape index (κ2) is 5.05. The highest BCUT2D eigenvalue weighted by Crippen LogP contribution is 2.47. The summed E-state index contributed by atoms with van der Waals surface area (Å²) >= 11 is 0. The van der Waals surface area contributed by atoms with Crippen LogP contribution in [0.15, 0.2) is 24.3 Å². The molecule has 0 saturated carbocycles. The summed E-state index contributed by atoms with van der Waals surface area (Å²) in [5.41, 5.74) is -0.682. The van der Waals surface area contributed by atoms with E-state index in [0.29, 0.717) is 25.7 Å². The zero-order valence-corrected chi connectivity index (χ0v) is 11.5. The molecule has 3 atom stereocenters. The number of carboxylic acid groups (broad SMARTS) is 1. The molecule has 0 bridgehead atoms. The first-order chi connectivity index (χ1) is 9.90. The Balaban J connectivity index is 1.76. The molecule has 0 aromatic carbocycles. The van der Waals surface area contributed by atoms with Crippen LogP contribution in [0.25, 0.3) is 0 Å². The van der Waals surface area contributed by atoms with Crippen molar-refractivity contribution in [3.8, 4) is 0 Å². The van der Waals surface area contributed by atoms with Crippen LogP contribution in [0.3, 0.4) is 0 Å². The number of hydrogen-bond acceptors (Lipinski definition) is 5. The minimum absolute atomic E-state index is 0.0847. The van der Waals surface area contributed by atoms with E-state index in [1.165, 1.54) is 12.2 Å². The number of carbonyl (C=O) groups is 2. The highest BCUT2D eigenvalue weighted by atomic mass is 16.7. The van der Waals surface area contributed by atoms with E-state index in [1.807, 2.05) is 0 Å². The number of hydrogen-bond donors (Lipinski definition) is 2. The SMILES string of the molecule is O=C1C=CC2(C=C1)CC[C@@]1(C[C@H](O)C[C@H](CC(=O)O)O1)O2. The fourth-order valence-electron chi connectivity index (χ4n) is 3.32. The average molecular weight is 294 g/mol. The molecule has 2 saturated heterocycles. The Kier molecular flexibility index (Phi) is 3.47. The molecule has 3 rings (SSSR count). The summed E-state index contributed by atoms with van der Waals surface area (Å²) in [4.78, 5) is 22.1. The average Bonchev–Trinajstić information content (AvgIpc) is 2.70. The van der Waals surface area contributed by atoms with Crippen molar-refractivity contribution >= 4 is 11.8 Å². The third-order valence-corrected chi connectivity index (χ3v) is 4.20. The van der Waals surface area contributed by atoms with Gasteiger partial charge in [0, 0.05) is 19.3 Å². The van der Waals surface area contributed by atoms with Gasteiger partial charge in [0.2, 0.25) is 0 Å². The second-order valence-corrected chi connectivity index (χ2v) is 5.97. The quantitative estimate of drug-likeness (QED) is 0.787. The van der Waals surface area contributed by atoms with Gasteiger partial charge in [0.15, 0.2) is 11.6 Å². The van der Waals surface area contributed by atoms with E-state index in [9.17, 15) is 14.7 Å². The molecule has 2 spiro atoms. The molecule has 6 heteroatoms. The fraction of sp³-hybridized carbons (Fsp3) is 0.600. The number of aliphatic hydroxyl groups excluding tert-OH is 1. The van der Waals surface area contributed by atoms with Gasteiger partial charge in [0.25, 0.3) is 0 Å². The minimum atomic E-state index is -0.965. The number of carbonyl (C=O) groups excluding carboxylic acids is 1. The van der Waals surface area contributed by atoms with Crippen molar-refractivity contribution in [1.82, 2.24) is 0 Å². The van der Waals surface area contributed by atoms with Crippen molar-refractivity contribution in [3.63, 3.8) is 0 Å². The van der Waals surface area contributed by atoms with Gasteiger partial charge in [-0.2, -0.15) is 0 Å². The van der Waals surface area contributed by atoms with E-state index in [2.05, 4.69) is 0 Å². The molecule has 21 heavy (non-hydrogen) atoms. The summed E-state index contributed by atoms with van der Waals surface area (Å²) in [5, 5.41) is 18.9. The van der Waals surface area contributed by atoms with Crippen LogP contribution in [0.4, 0.5) is 0 Å². The Bertz CT molecular complexity index is 506. The predicted molar refractivity (Wildman–Crippen MR) is 71.4 cm³/mol. The van der Waals surface area contributed by atoms with E-state index < -0.39 is 29.6 Å². The molecule has 2 heterocycles. The third-order valence-electron chi connectivity index (χ3n) is 4.20. The number of carboxylic acids is 1. The lowest BCUT2D eigenvalue weighted by Crippen LogP contribution is -2.48. The summed E-state index contributed by atoms with van der Waals surface area (Å²) in [5.74, 6) is -2.01. The number of ketones is 1. The van der Waals surface area contributed by atoms with Crippen LogP contribution < -0.4 is 0 Å². The molecule has 0 radical (unpaired) electrons. The highest BCUT2D eigenvalue weighted by Gasteiger charge is 2.52. The first kappa shape index (κ1) is 14.4. The zero-order valence-electron chi connectivity index (χ0n) is 11.5. The second-order valence-electron chi connectivity index (χ2n) is 5.97. The van der Waals surface area contributed by atoms with Gasteiger partial charge >= 0.3 is 5.97 Å². The van der Waals surface area contributed by atoms with Crippen molar-refractivity contribution < 1.29 is 29.3 Å². The standard InChI is InChI=1S/C15H18O6/c16-10-1-3-14(4-2-10)5-6-15(21-14)9-11(17)7-12(20-15)8-13(18)19/h1-4,11-12,17H,5-9H2,(H,18,19)/t11-,12-,15+/m1/s1. The molecular formula is C15H18O6. The van der Waals surface area contributed by atoms with E-state index >= 15 is 0 Å². The molecule has 0 aromatic heterocycles. The normalized spacial score (nSPS) is 37.5. The Hall–Kier alpha value is -1.50. The van der Waals surface area contributed by atoms with Crippen molar-refractivity contribution in [2.24, 2.45) is 0 Å². The Labute approximate surface area is 122 Å². The molecule has 2 N–H and O–H groups in total. The van der Waals surface area contributed by atoms with Gasteiger partial charge in [-0.15, -0.1) is 0 Å². The molecule has 0 unspecified atom stereocenters. The van der Waals surface area contributed by atoms with Gasteiger partial charge in [-0.05, 0) is 30.7 Å². The highest BCUT2D eigenvalue weighted by molar-refractivity contribution is 6.00. The van der Waals surface area contributed by atoms with E-state index in [1.54, 1.807) is 12.2 Å². The molecule has 2 fully saturated rings. The van der Waals surface area contributed by atoms with Crippen LogP contribution in [-0.4, -0.2) is 45.6 Å². The van der Waals surface area contributed by atoms with Crippen LogP contribution in [-0.2, 0) is 19.1 Å². The summed E-state index contributed by atoms with van der Waals surface area (Å²) in [6.45, 7) is 0. The van der Waals surface area contributed by atoms with Crippen LogP contribution >= 0.6 is 0 Å². The van der Waals surface area contributed by atoms with Crippen molar-refractivity contribution in [1.29, 1.82) is 0 Å². The summed E-state index contributed by atoms with van der Waals surface area (Å²) < 4.78 is 11.9. The van der Waals surface area contributed by atoms with Gasteiger partial charge in [0.1, 0.15) is 5.60 Å². The number of aliphatic hydroxyl groups is 1. The number of ether oxygens (including phenoxy) is 2. The van der Waals surface area contributed by atoms with Gasteiger partial charge in [-0.3, -0.25) is 9.59 Å². The smallest absolute Gasteiger partial charge is 0.305 e. The maximum absolute atomic E-state index is 11.2. The lowest BCUT2D eigenvalue weighted by atomic mass is 9.92. The van der Waals surface area contributed by atoms with Crippen LogP contribution in [0, 0.1) is 0 Å². The lowest BCUT2D eigenvalue weighted by molar-refractivity contribution is -0.291. The molecule has 0 amide bonds. The van der Waals surface area contributed by atoms with Crippen molar-refractivity contribution in [3.05, 3.63) is 24.3 Å².